The summed E-state index contributed by atoms with van der Waals surface area (Å²) >= 11 is 0. The molecule has 1 atom stereocenters. The highest BCUT2D eigenvalue weighted by atomic mass is 16.5. The predicted molar refractivity (Wildman–Crippen MR) is 128 cm³/mol. The fraction of sp³-hybridized carbons (Fsp3) is 0.111. The number of nitrogens with zero attached hydrogens (tertiary/aromatic N) is 1. The van der Waals surface area contributed by atoms with E-state index in [1.165, 1.54) is 37.3 Å². The molecule has 176 valence electrons. The van der Waals surface area contributed by atoms with Gasteiger partial charge in [-0.1, -0.05) is 36.4 Å². The molecule has 8 nitrogen and oxygen atoms in total. The minimum atomic E-state index is -1.05. The van der Waals surface area contributed by atoms with Crippen LogP contribution in [0, 0.1) is 0 Å². The standard InChI is InChI=1S/C27H21NO7/c1-33-17-9-5-7-15(13-17)23-22(25(31)27(32)28(23)18-10-3-4-11-19(18)29)24(30)21-14-16-8-6-12-20(34-2)26(16)35-21/h3-14,23,29,31H,1-2H3. The van der Waals surface area contributed by atoms with Gasteiger partial charge in [0.05, 0.1) is 31.5 Å². The summed E-state index contributed by atoms with van der Waals surface area (Å²) in [4.78, 5) is 28.2. The SMILES string of the molecule is COc1cccc(C2C(C(=O)c3cc4cccc(OC)c4o3)=C(O)C(=O)N2c2ccccc2O)c1. The third kappa shape index (κ3) is 3.56. The molecule has 0 fully saturated rings. The lowest BCUT2D eigenvalue weighted by molar-refractivity contribution is -0.117. The molecule has 8 heteroatoms. The summed E-state index contributed by atoms with van der Waals surface area (Å²) < 4.78 is 16.5. The zero-order valence-corrected chi connectivity index (χ0v) is 18.9. The number of rotatable bonds is 6. The number of aromatic hydroxyl groups is 1. The van der Waals surface area contributed by atoms with E-state index < -0.39 is 23.5 Å². The Morgan fingerprint density at radius 3 is 2.46 bits per heavy atom. The fourth-order valence-electron chi connectivity index (χ4n) is 4.32. The Labute approximate surface area is 200 Å². The van der Waals surface area contributed by atoms with Gasteiger partial charge in [-0.25, -0.2) is 0 Å². The highest BCUT2D eigenvalue weighted by Crippen LogP contribution is 2.45. The molecule has 0 aliphatic carbocycles. The number of fused-ring (bicyclic) bond motifs is 1. The molecule has 2 N–H and O–H groups in total. The highest BCUT2D eigenvalue weighted by molar-refractivity contribution is 6.21. The van der Waals surface area contributed by atoms with Gasteiger partial charge in [-0.15, -0.1) is 0 Å². The van der Waals surface area contributed by atoms with Crippen LogP contribution in [0.15, 0.2) is 88.5 Å². The number of ether oxygens (including phenoxy) is 2. The van der Waals surface area contributed by atoms with Crippen molar-refractivity contribution in [1.29, 1.82) is 0 Å². The lowest BCUT2D eigenvalue weighted by atomic mass is 9.94. The van der Waals surface area contributed by atoms with Gasteiger partial charge in [0.1, 0.15) is 11.5 Å². The first kappa shape index (κ1) is 22.1. The van der Waals surface area contributed by atoms with Crippen molar-refractivity contribution in [3.8, 4) is 17.2 Å². The maximum atomic E-state index is 13.7. The first-order valence-electron chi connectivity index (χ1n) is 10.7. The number of hydrogen-bond donors (Lipinski definition) is 2. The van der Waals surface area contributed by atoms with Gasteiger partial charge >= 0.3 is 0 Å². The van der Waals surface area contributed by atoms with Crippen molar-refractivity contribution in [2.75, 3.05) is 19.1 Å². The number of ketones is 1. The van der Waals surface area contributed by atoms with Gasteiger partial charge in [0.25, 0.3) is 5.91 Å². The van der Waals surface area contributed by atoms with Crippen LogP contribution < -0.4 is 14.4 Å². The van der Waals surface area contributed by atoms with Crippen molar-refractivity contribution < 1.29 is 33.7 Å². The average Bonchev–Trinajstić information content (AvgIpc) is 3.43. The molecule has 0 saturated heterocycles. The number of phenols is 1. The second-order valence-electron chi connectivity index (χ2n) is 7.92. The Kier molecular flexibility index (Phi) is 5.41. The van der Waals surface area contributed by atoms with Crippen LogP contribution in [-0.4, -0.2) is 36.1 Å². The van der Waals surface area contributed by atoms with E-state index in [1.807, 2.05) is 0 Å². The minimum absolute atomic E-state index is 0.0640. The second-order valence-corrected chi connectivity index (χ2v) is 7.92. The van der Waals surface area contributed by atoms with E-state index in [0.29, 0.717) is 28.0 Å². The molecule has 4 aromatic rings. The second kappa shape index (κ2) is 8.57. The van der Waals surface area contributed by atoms with Gasteiger partial charge in [0, 0.05) is 5.39 Å². The quantitative estimate of drug-likeness (QED) is 0.384. The predicted octanol–water partition coefficient (Wildman–Crippen LogP) is 4.94. The summed E-state index contributed by atoms with van der Waals surface area (Å²) in [7, 11) is 2.99. The maximum absolute atomic E-state index is 13.7. The number of phenolic OH excluding ortho intramolecular Hbond substituents is 1. The minimum Gasteiger partial charge on any atom is -0.506 e. The number of aliphatic hydroxyl groups excluding tert-OH is 1. The van der Waals surface area contributed by atoms with Crippen LogP contribution in [0.2, 0.25) is 0 Å². The molecule has 35 heavy (non-hydrogen) atoms. The molecule has 0 saturated carbocycles. The normalized spacial score (nSPS) is 15.7. The smallest absolute Gasteiger partial charge is 0.294 e. The van der Waals surface area contributed by atoms with Crippen molar-refractivity contribution in [1.82, 2.24) is 0 Å². The molecule has 0 bridgehead atoms. The Balaban J connectivity index is 1.69. The number of amides is 1. The number of anilines is 1. The Morgan fingerprint density at radius 2 is 1.71 bits per heavy atom. The zero-order chi connectivity index (χ0) is 24.7. The number of aliphatic hydroxyl groups is 1. The lowest BCUT2D eigenvalue weighted by Crippen LogP contribution is -2.31. The van der Waals surface area contributed by atoms with Gasteiger partial charge in [0.2, 0.25) is 5.78 Å². The third-order valence-electron chi connectivity index (χ3n) is 5.96. The molecule has 0 radical (unpaired) electrons. The number of carbonyl (C=O) groups is 2. The van der Waals surface area contributed by atoms with Crippen molar-refractivity contribution in [2.24, 2.45) is 0 Å². The molecule has 1 aliphatic heterocycles. The van der Waals surface area contributed by atoms with Crippen LogP contribution in [0.1, 0.15) is 22.2 Å². The van der Waals surface area contributed by atoms with Crippen molar-refractivity contribution in [3.63, 3.8) is 0 Å². The summed E-state index contributed by atoms with van der Waals surface area (Å²) in [6, 6.07) is 18.7. The summed E-state index contributed by atoms with van der Waals surface area (Å²) in [6.45, 7) is 0. The van der Waals surface area contributed by atoms with Crippen LogP contribution in [0.4, 0.5) is 5.69 Å². The van der Waals surface area contributed by atoms with E-state index in [-0.39, 0.29) is 22.8 Å². The molecule has 2 heterocycles. The van der Waals surface area contributed by atoms with E-state index in [0.717, 1.165) is 0 Å². The summed E-state index contributed by atoms with van der Waals surface area (Å²) in [6.07, 6.45) is 0. The van der Waals surface area contributed by atoms with Gasteiger partial charge in [-0.05, 0) is 42.0 Å². The van der Waals surface area contributed by atoms with E-state index in [2.05, 4.69) is 0 Å². The van der Waals surface area contributed by atoms with E-state index in [1.54, 1.807) is 54.6 Å². The summed E-state index contributed by atoms with van der Waals surface area (Å²) in [5.74, 6) is -1.51. The molecule has 5 rings (SSSR count). The number of benzene rings is 3. The van der Waals surface area contributed by atoms with Crippen LogP contribution in [0.5, 0.6) is 17.2 Å². The van der Waals surface area contributed by atoms with Crippen LogP contribution in [-0.2, 0) is 4.79 Å². The first-order valence-corrected chi connectivity index (χ1v) is 10.7. The molecular formula is C27H21NO7. The van der Waals surface area contributed by atoms with E-state index >= 15 is 0 Å². The molecule has 1 aliphatic rings. The van der Waals surface area contributed by atoms with E-state index in [9.17, 15) is 19.8 Å². The average molecular weight is 471 g/mol. The van der Waals surface area contributed by atoms with Crippen molar-refractivity contribution >= 4 is 28.3 Å². The number of furan rings is 1. The Hall–Kier alpha value is -4.72. The Morgan fingerprint density at radius 1 is 0.943 bits per heavy atom. The van der Waals surface area contributed by atoms with Gasteiger partial charge in [-0.3, -0.25) is 14.5 Å². The molecule has 0 spiro atoms. The summed E-state index contributed by atoms with van der Waals surface area (Å²) in [5.41, 5.74) is 0.843. The van der Waals surface area contributed by atoms with E-state index in [4.69, 9.17) is 13.9 Å². The number of hydrogen-bond acceptors (Lipinski definition) is 7. The van der Waals surface area contributed by atoms with Crippen molar-refractivity contribution in [3.05, 3.63) is 95.5 Å². The summed E-state index contributed by atoms with van der Waals surface area (Å²) in [5, 5.41) is 22.1. The fourth-order valence-corrected chi connectivity index (χ4v) is 4.32. The van der Waals surface area contributed by atoms with Crippen LogP contribution in [0.3, 0.4) is 0 Å². The topological polar surface area (TPSA) is 109 Å². The monoisotopic (exact) mass is 471 g/mol. The van der Waals surface area contributed by atoms with Crippen LogP contribution in [0.25, 0.3) is 11.0 Å². The molecule has 1 unspecified atom stereocenters. The van der Waals surface area contributed by atoms with Gasteiger partial charge in [0.15, 0.2) is 22.9 Å². The molecule has 1 aromatic heterocycles. The highest BCUT2D eigenvalue weighted by Gasteiger charge is 2.46. The largest absolute Gasteiger partial charge is 0.506 e. The van der Waals surface area contributed by atoms with Gasteiger partial charge < -0.3 is 24.1 Å². The van der Waals surface area contributed by atoms with Gasteiger partial charge in [-0.2, -0.15) is 0 Å². The zero-order valence-electron chi connectivity index (χ0n) is 18.9. The number of carbonyl (C=O) groups excluding carboxylic acids is 2. The third-order valence-corrected chi connectivity index (χ3v) is 5.96. The number of para-hydroxylation sites is 3. The number of Topliss-reactive ketones (excluding diaryl/α,β-unsaturated/α-hetero) is 1. The molecule has 1 amide bonds. The van der Waals surface area contributed by atoms with Crippen LogP contribution >= 0.6 is 0 Å². The Bertz CT molecular complexity index is 1500. The maximum Gasteiger partial charge on any atom is 0.294 e. The molecular weight excluding hydrogens is 450 g/mol. The molecule has 3 aromatic carbocycles. The van der Waals surface area contributed by atoms with Crippen molar-refractivity contribution in [2.45, 2.75) is 6.04 Å². The lowest BCUT2D eigenvalue weighted by Gasteiger charge is -2.27. The number of methoxy groups -OCH3 is 2. The first-order chi connectivity index (χ1) is 16.9.